The Morgan fingerprint density at radius 2 is 1.84 bits per heavy atom. The highest BCUT2D eigenvalue weighted by molar-refractivity contribution is 6.02. The van der Waals surface area contributed by atoms with Gasteiger partial charge in [-0.05, 0) is 19.1 Å². The first-order chi connectivity index (χ1) is 9.06. The van der Waals surface area contributed by atoms with Gasteiger partial charge in [0, 0.05) is 7.11 Å². The van der Waals surface area contributed by atoms with Gasteiger partial charge in [0.2, 0.25) is 6.29 Å². The summed E-state index contributed by atoms with van der Waals surface area (Å²) in [6.07, 6.45) is -0.774. The van der Waals surface area contributed by atoms with Crippen LogP contribution in [0.15, 0.2) is 24.3 Å². The number of esters is 1. The molecule has 0 aliphatic carbocycles. The second-order valence-corrected chi connectivity index (χ2v) is 3.69. The van der Waals surface area contributed by atoms with Crippen molar-refractivity contribution in [3.8, 4) is 0 Å². The van der Waals surface area contributed by atoms with Gasteiger partial charge in [-0.1, -0.05) is 12.1 Å². The highest BCUT2D eigenvalue weighted by atomic mass is 16.7. The van der Waals surface area contributed by atoms with Gasteiger partial charge in [-0.2, -0.15) is 0 Å². The standard InChI is InChI=1S/C13H16O6/c1-9(18-8-7-17-2)19-13(16)11-6-4-3-5-10(11)12(14)15/h3-6,9H,7-8H2,1-2H3,(H,14,15). The summed E-state index contributed by atoms with van der Waals surface area (Å²) in [5, 5.41) is 8.97. The molecule has 0 radical (unpaired) electrons. The third-order valence-corrected chi connectivity index (χ3v) is 2.29. The van der Waals surface area contributed by atoms with Crippen molar-refractivity contribution in [3.05, 3.63) is 35.4 Å². The molecule has 1 N–H and O–H groups in total. The van der Waals surface area contributed by atoms with Crippen LogP contribution in [0.4, 0.5) is 0 Å². The monoisotopic (exact) mass is 268 g/mol. The number of carboxylic acid groups (broad SMARTS) is 1. The molecule has 6 nitrogen and oxygen atoms in total. The fourth-order valence-electron chi connectivity index (χ4n) is 1.39. The molecule has 0 aromatic heterocycles. The van der Waals surface area contributed by atoms with Crippen LogP contribution in [-0.4, -0.2) is 43.7 Å². The molecule has 19 heavy (non-hydrogen) atoms. The molecule has 1 rings (SSSR count). The van der Waals surface area contributed by atoms with Gasteiger partial charge in [0.1, 0.15) is 0 Å². The van der Waals surface area contributed by atoms with Gasteiger partial charge in [0.15, 0.2) is 0 Å². The Hall–Kier alpha value is -1.92. The van der Waals surface area contributed by atoms with E-state index in [2.05, 4.69) is 0 Å². The van der Waals surface area contributed by atoms with E-state index in [9.17, 15) is 9.59 Å². The van der Waals surface area contributed by atoms with Crippen LogP contribution in [0.1, 0.15) is 27.6 Å². The van der Waals surface area contributed by atoms with E-state index in [-0.39, 0.29) is 17.7 Å². The third kappa shape index (κ3) is 4.69. The van der Waals surface area contributed by atoms with Crippen molar-refractivity contribution in [2.75, 3.05) is 20.3 Å². The van der Waals surface area contributed by atoms with Crippen molar-refractivity contribution in [1.82, 2.24) is 0 Å². The van der Waals surface area contributed by atoms with E-state index in [1.54, 1.807) is 19.1 Å². The zero-order chi connectivity index (χ0) is 14.3. The molecule has 0 aliphatic heterocycles. The largest absolute Gasteiger partial charge is 0.478 e. The molecular formula is C13H16O6. The van der Waals surface area contributed by atoms with Crippen LogP contribution >= 0.6 is 0 Å². The average molecular weight is 268 g/mol. The van der Waals surface area contributed by atoms with E-state index in [1.165, 1.54) is 19.2 Å². The van der Waals surface area contributed by atoms with Crippen LogP contribution in [0.5, 0.6) is 0 Å². The van der Waals surface area contributed by atoms with E-state index in [0.29, 0.717) is 6.61 Å². The van der Waals surface area contributed by atoms with Crippen LogP contribution in [-0.2, 0) is 14.2 Å². The van der Waals surface area contributed by atoms with Gasteiger partial charge in [-0.3, -0.25) is 0 Å². The maximum atomic E-state index is 11.8. The molecule has 1 aromatic carbocycles. The number of carbonyl (C=O) groups excluding carboxylic acids is 1. The number of hydrogen-bond donors (Lipinski definition) is 1. The van der Waals surface area contributed by atoms with E-state index in [1.807, 2.05) is 0 Å². The van der Waals surface area contributed by atoms with Crippen molar-refractivity contribution in [1.29, 1.82) is 0 Å². The van der Waals surface area contributed by atoms with Crippen molar-refractivity contribution < 1.29 is 28.9 Å². The summed E-state index contributed by atoms with van der Waals surface area (Å²) in [6, 6.07) is 5.85. The highest BCUT2D eigenvalue weighted by Crippen LogP contribution is 2.11. The Morgan fingerprint density at radius 1 is 1.21 bits per heavy atom. The smallest absolute Gasteiger partial charge is 0.341 e. The number of aromatic carboxylic acids is 1. The molecule has 1 atom stereocenters. The van der Waals surface area contributed by atoms with Crippen LogP contribution in [0.2, 0.25) is 0 Å². The SMILES string of the molecule is COCCOC(C)OC(=O)c1ccccc1C(=O)O. The van der Waals surface area contributed by atoms with E-state index < -0.39 is 18.2 Å². The number of ether oxygens (including phenoxy) is 3. The molecule has 104 valence electrons. The zero-order valence-electron chi connectivity index (χ0n) is 10.8. The van der Waals surface area contributed by atoms with Gasteiger partial charge in [-0.15, -0.1) is 0 Å². The summed E-state index contributed by atoms with van der Waals surface area (Å²) in [5.74, 6) is -1.91. The average Bonchev–Trinajstić information content (AvgIpc) is 2.39. The number of benzene rings is 1. The maximum Gasteiger partial charge on any atom is 0.341 e. The zero-order valence-corrected chi connectivity index (χ0v) is 10.8. The lowest BCUT2D eigenvalue weighted by Crippen LogP contribution is -2.21. The minimum Gasteiger partial charge on any atom is -0.478 e. The quantitative estimate of drug-likeness (QED) is 0.459. The van der Waals surface area contributed by atoms with Crippen molar-refractivity contribution in [2.24, 2.45) is 0 Å². The molecule has 0 spiro atoms. The lowest BCUT2D eigenvalue weighted by molar-refractivity contribution is -0.107. The predicted octanol–water partition coefficient (Wildman–Crippen LogP) is 1.55. The minimum atomic E-state index is -1.18. The Kier molecular flexibility index (Phi) is 5.98. The number of methoxy groups -OCH3 is 1. The first kappa shape index (κ1) is 15.1. The summed E-state index contributed by atoms with van der Waals surface area (Å²) in [6.45, 7) is 2.22. The second kappa shape index (κ2) is 7.50. The lowest BCUT2D eigenvalue weighted by Gasteiger charge is -2.14. The fraction of sp³-hybridized carbons (Fsp3) is 0.385. The molecular weight excluding hydrogens is 252 g/mol. The first-order valence-corrected chi connectivity index (χ1v) is 5.70. The van der Waals surface area contributed by atoms with Gasteiger partial charge in [-0.25, -0.2) is 9.59 Å². The lowest BCUT2D eigenvalue weighted by atomic mass is 10.1. The molecule has 6 heteroatoms. The minimum absolute atomic E-state index is 0.00260. The maximum absolute atomic E-state index is 11.8. The topological polar surface area (TPSA) is 82.1 Å². The first-order valence-electron chi connectivity index (χ1n) is 5.70. The van der Waals surface area contributed by atoms with E-state index >= 15 is 0 Å². The third-order valence-electron chi connectivity index (χ3n) is 2.29. The van der Waals surface area contributed by atoms with Crippen molar-refractivity contribution >= 4 is 11.9 Å². The molecule has 0 saturated heterocycles. The summed E-state index contributed by atoms with van der Waals surface area (Å²) in [7, 11) is 1.53. The van der Waals surface area contributed by atoms with Crippen LogP contribution < -0.4 is 0 Å². The van der Waals surface area contributed by atoms with E-state index in [0.717, 1.165) is 0 Å². The molecule has 1 aromatic rings. The summed E-state index contributed by atoms with van der Waals surface area (Å²) < 4.78 is 14.9. The van der Waals surface area contributed by atoms with Gasteiger partial charge < -0.3 is 19.3 Å². The van der Waals surface area contributed by atoms with Crippen molar-refractivity contribution in [2.45, 2.75) is 13.2 Å². The van der Waals surface area contributed by atoms with E-state index in [4.69, 9.17) is 19.3 Å². The Balaban J connectivity index is 2.65. The van der Waals surface area contributed by atoms with Crippen LogP contribution in [0.3, 0.4) is 0 Å². The number of carboxylic acids is 1. The van der Waals surface area contributed by atoms with Crippen LogP contribution in [0.25, 0.3) is 0 Å². The predicted molar refractivity (Wildman–Crippen MR) is 66.1 cm³/mol. The second-order valence-electron chi connectivity index (χ2n) is 3.69. The fourth-order valence-corrected chi connectivity index (χ4v) is 1.39. The molecule has 0 aliphatic rings. The molecule has 0 fully saturated rings. The van der Waals surface area contributed by atoms with Gasteiger partial charge in [0.25, 0.3) is 0 Å². The number of rotatable bonds is 7. The van der Waals surface area contributed by atoms with Gasteiger partial charge in [0.05, 0.1) is 24.3 Å². The van der Waals surface area contributed by atoms with Crippen molar-refractivity contribution in [3.63, 3.8) is 0 Å². The molecule has 0 amide bonds. The Bertz CT molecular complexity index is 443. The number of carbonyl (C=O) groups is 2. The molecule has 0 saturated carbocycles. The highest BCUT2D eigenvalue weighted by Gasteiger charge is 2.19. The normalized spacial score (nSPS) is 11.9. The molecule has 0 heterocycles. The Labute approximate surface area is 110 Å². The Morgan fingerprint density at radius 3 is 2.42 bits per heavy atom. The summed E-state index contributed by atoms with van der Waals surface area (Å²) in [4.78, 5) is 22.8. The summed E-state index contributed by atoms with van der Waals surface area (Å²) >= 11 is 0. The van der Waals surface area contributed by atoms with Gasteiger partial charge >= 0.3 is 11.9 Å². The number of hydrogen-bond acceptors (Lipinski definition) is 5. The molecule has 0 bridgehead atoms. The summed E-state index contributed by atoms with van der Waals surface area (Å²) in [5.41, 5.74) is -0.103. The van der Waals surface area contributed by atoms with Crippen LogP contribution in [0, 0.1) is 0 Å². The molecule has 1 unspecified atom stereocenters.